The summed E-state index contributed by atoms with van der Waals surface area (Å²) in [6, 6.07) is 5.06. The second-order valence-electron chi connectivity index (χ2n) is 5.94. The molecular weight excluding hydrogens is 337 g/mol. The lowest BCUT2D eigenvalue weighted by Crippen LogP contribution is -2.33. The molecule has 1 heterocycles. The SMILES string of the molecule is CN(C)S(=O)(=O)C[C@@H]1CN(C(=O)c2cc(F)cc(C#N)c2)C[C@H]1O. The van der Waals surface area contributed by atoms with Gasteiger partial charge in [0, 0.05) is 38.7 Å². The molecule has 1 fully saturated rings. The quantitative estimate of drug-likeness (QED) is 0.820. The van der Waals surface area contributed by atoms with E-state index in [-0.39, 0.29) is 30.0 Å². The molecule has 1 amide bonds. The molecule has 0 radical (unpaired) electrons. The van der Waals surface area contributed by atoms with Crippen LogP contribution < -0.4 is 0 Å². The van der Waals surface area contributed by atoms with E-state index in [1.54, 1.807) is 6.07 Å². The smallest absolute Gasteiger partial charge is 0.254 e. The van der Waals surface area contributed by atoms with Crippen molar-refractivity contribution >= 4 is 15.9 Å². The van der Waals surface area contributed by atoms with Crippen LogP contribution in [0.3, 0.4) is 0 Å². The number of nitriles is 1. The predicted molar refractivity (Wildman–Crippen MR) is 84.0 cm³/mol. The summed E-state index contributed by atoms with van der Waals surface area (Å²) in [5.41, 5.74) is 0.0136. The van der Waals surface area contributed by atoms with Crippen molar-refractivity contribution in [2.45, 2.75) is 6.10 Å². The fraction of sp³-hybridized carbons (Fsp3) is 0.467. The lowest BCUT2D eigenvalue weighted by Gasteiger charge is -2.18. The molecule has 0 saturated carbocycles. The van der Waals surface area contributed by atoms with Crippen molar-refractivity contribution in [2.75, 3.05) is 32.9 Å². The molecule has 9 heteroatoms. The van der Waals surface area contributed by atoms with Crippen LogP contribution in [0.25, 0.3) is 0 Å². The van der Waals surface area contributed by atoms with Gasteiger partial charge in [-0.1, -0.05) is 0 Å². The van der Waals surface area contributed by atoms with Crippen molar-refractivity contribution in [1.29, 1.82) is 5.26 Å². The van der Waals surface area contributed by atoms with Gasteiger partial charge in [-0.25, -0.2) is 17.1 Å². The minimum atomic E-state index is -3.51. The summed E-state index contributed by atoms with van der Waals surface area (Å²) in [7, 11) is -0.716. The molecule has 1 aromatic rings. The highest BCUT2D eigenvalue weighted by Gasteiger charge is 2.37. The minimum Gasteiger partial charge on any atom is -0.391 e. The van der Waals surface area contributed by atoms with Crippen molar-refractivity contribution in [1.82, 2.24) is 9.21 Å². The molecule has 1 aliphatic heterocycles. The van der Waals surface area contributed by atoms with Crippen LogP contribution in [0.2, 0.25) is 0 Å². The van der Waals surface area contributed by atoms with E-state index in [2.05, 4.69) is 0 Å². The van der Waals surface area contributed by atoms with Crippen molar-refractivity contribution in [3.63, 3.8) is 0 Å². The fourth-order valence-electron chi connectivity index (χ4n) is 2.56. The Bertz CT molecular complexity index is 788. The number of nitrogens with zero attached hydrogens (tertiary/aromatic N) is 3. The number of halogens is 1. The first kappa shape index (κ1) is 18.3. The molecular formula is C15H18FN3O4S. The second kappa shape index (κ2) is 6.84. The summed E-state index contributed by atoms with van der Waals surface area (Å²) < 4.78 is 38.4. The molecule has 7 nitrogen and oxygen atoms in total. The van der Waals surface area contributed by atoms with Gasteiger partial charge < -0.3 is 10.0 Å². The number of β-amino-alcohol motifs (C(OH)–C–C–N with tert-alkyl or cyclic N) is 1. The van der Waals surface area contributed by atoms with Gasteiger partial charge in [0.05, 0.1) is 23.5 Å². The zero-order valence-corrected chi connectivity index (χ0v) is 14.1. The van der Waals surface area contributed by atoms with Gasteiger partial charge in [0.1, 0.15) is 5.82 Å². The standard InChI is InChI=1S/C15H18FN3O4S/c1-18(2)24(22,23)9-12-7-19(8-14(12)20)15(21)11-3-10(6-17)4-13(16)5-11/h3-5,12,14,20H,7-9H2,1-2H3/t12-,14+/m0/s1. The molecule has 24 heavy (non-hydrogen) atoms. The zero-order valence-electron chi connectivity index (χ0n) is 13.3. The summed E-state index contributed by atoms with van der Waals surface area (Å²) in [4.78, 5) is 13.7. The maximum atomic E-state index is 13.5. The topological polar surface area (TPSA) is 102 Å². The summed E-state index contributed by atoms with van der Waals surface area (Å²) >= 11 is 0. The van der Waals surface area contributed by atoms with Crippen molar-refractivity contribution in [2.24, 2.45) is 5.92 Å². The first-order valence-corrected chi connectivity index (χ1v) is 8.83. The number of likely N-dealkylation sites (tertiary alicyclic amines) is 1. The van der Waals surface area contributed by atoms with Crippen molar-refractivity contribution in [3.8, 4) is 6.07 Å². The zero-order chi connectivity index (χ0) is 18.1. The third-order valence-corrected chi connectivity index (χ3v) is 5.91. The molecule has 130 valence electrons. The normalized spacial score (nSPS) is 21.1. The second-order valence-corrected chi connectivity index (χ2v) is 8.17. The van der Waals surface area contributed by atoms with Crippen LogP contribution in [0.5, 0.6) is 0 Å². The number of benzene rings is 1. The van der Waals surface area contributed by atoms with E-state index in [0.717, 1.165) is 16.4 Å². The molecule has 1 aliphatic rings. The molecule has 1 aromatic carbocycles. The third-order valence-electron chi connectivity index (χ3n) is 3.95. The Hall–Kier alpha value is -2.02. The Morgan fingerprint density at radius 1 is 1.42 bits per heavy atom. The number of amides is 1. The Morgan fingerprint density at radius 3 is 2.67 bits per heavy atom. The molecule has 1 N–H and O–H groups in total. The number of hydrogen-bond acceptors (Lipinski definition) is 5. The lowest BCUT2D eigenvalue weighted by atomic mass is 10.1. The van der Waals surface area contributed by atoms with Gasteiger partial charge in [0.2, 0.25) is 10.0 Å². The number of aliphatic hydroxyl groups excluding tert-OH is 1. The average Bonchev–Trinajstić information content (AvgIpc) is 2.86. The van der Waals surface area contributed by atoms with Crippen molar-refractivity contribution < 1.29 is 22.7 Å². The Morgan fingerprint density at radius 2 is 2.08 bits per heavy atom. The molecule has 0 bridgehead atoms. The monoisotopic (exact) mass is 355 g/mol. The van der Waals surface area contributed by atoms with E-state index in [0.29, 0.717) is 0 Å². The van der Waals surface area contributed by atoms with Crippen LogP contribution in [0.4, 0.5) is 4.39 Å². The van der Waals surface area contributed by atoms with E-state index in [1.807, 2.05) is 0 Å². The van der Waals surface area contributed by atoms with Gasteiger partial charge in [0.25, 0.3) is 5.91 Å². The van der Waals surface area contributed by atoms with Crippen LogP contribution in [0.1, 0.15) is 15.9 Å². The largest absolute Gasteiger partial charge is 0.391 e. The Labute approximate surface area is 140 Å². The number of carbonyl (C=O) groups excluding carboxylic acids is 1. The van der Waals surface area contributed by atoms with E-state index >= 15 is 0 Å². The summed E-state index contributed by atoms with van der Waals surface area (Å²) in [5, 5.41) is 18.9. The maximum absolute atomic E-state index is 13.5. The van der Waals surface area contributed by atoms with Crippen LogP contribution in [0.15, 0.2) is 18.2 Å². The van der Waals surface area contributed by atoms with E-state index in [1.165, 1.54) is 25.1 Å². The van der Waals surface area contributed by atoms with Crippen molar-refractivity contribution in [3.05, 3.63) is 35.1 Å². The Kier molecular flexibility index (Phi) is 5.22. The number of carbonyl (C=O) groups is 1. The van der Waals surface area contributed by atoms with Crippen LogP contribution in [-0.2, 0) is 10.0 Å². The number of hydrogen-bond donors (Lipinski definition) is 1. The maximum Gasteiger partial charge on any atom is 0.254 e. The van der Waals surface area contributed by atoms with Gasteiger partial charge in [-0.3, -0.25) is 4.79 Å². The molecule has 1 saturated heterocycles. The van der Waals surface area contributed by atoms with Gasteiger partial charge in [-0.05, 0) is 18.2 Å². The molecule has 0 unspecified atom stereocenters. The third kappa shape index (κ3) is 3.90. The number of sulfonamides is 1. The van der Waals surface area contributed by atoms with E-state index < -0.39 is 33.8 Å². The molecule has 0 aliphatic carbocycles. The first-order valence-electron chi connectivity index (χ1n) is 7.22. The number of aliphatic hydroxyl groups is 1. The summed E-state index contributed by atoms with van der Waals surface area (Å²) in [6.07, 6.45) is -0.979. The predicted octanol–water partition coefficient (Wildman–Crippen LogP) is 0.0217. The molecule has 2 atom stereocenters. The van der Waals surface area contributed by atoms with E-state index in [9.17, 15) is 22.7 Å². The van der Waals surface area contributed by atoms with Crippen LogP contribution >= 0.6 is 0 Å². The van der Waals surface area contributed by atoms with E-state index in [4.69, 9.17) is 5.26 Å². The molecule has 0 spiro atoms. The molecule has 2 rings (SSSR count). The lowest BCUT2D eigenvalue weighted by molar-refractivity contribution is 0.0764. The average molecular weight is 355 g/mol. The van der Waals surface area contributed by atoms with Crippen LogP contribution in [0, 0.1) is 23.1 Å². The number of rotatable bonds is 4. The minimum absolute atomic E-state index is 0.00475. The Balaban J connectivity index is 2.16. The highest BCUT2D eigenvalue weighted by molar-refractivity contribution is 7.89. The molecule has 0 aromatic heterocycles. The van der Waals surface area contributed by atoms with Gasteiger partial charge >= 0.3 is 0 Å². The highest BCUT2D eigenvalue weighted by atomic mass is 32.2. The van der Waals surface area contributed by atoms with Gasteiger partial charge in [0.15, 0.2) is 0 Å². The van der Waals surface area contributed by atoms with Gasteiger partial charge in [-0.15, -0.1) is 0 Å². The summed E-state index contributed by atoms with van der Waals surface area (Å²) in [5.74, 6) is -2.15. The van der Waals surface area contributed by atoms with Crippen LogP contribution in [-0.4, -0.2) is 67.7 Å². The highest BCUT2D eigenvalue weighted by Crippen LogP contribution is 2.22. The fourth-order valence-corrected chi connectivity index (χ4v) is 3.73. The van der Waals surface area contributed by atoms with Gasteiger partial charge in [-0.2, -0.15) is 5.26 Å². The first-order chi connectivity index (χ1) is 11.1. The summed E-state index contributed by atoms with van der Waals surface area (Å²) in [6.45, 7) is 0.0102.